The summed E-state index contributed by atoms with van der Waals surface area (Å²) in [6.07, 6.45) is 0.476. The normalized spacial score (nSPS) is 13.8. The van der Waals surface area contributed by atoms with Crippen LogP contribution in [0.5, 0.6) is 0 Å². The summed E-state index contributed by atoms with van der Waals surface area (Å²) in [6.45, 7) is 3.80. The molecule has 0 spiro atoms. The summed E-state index contributed by atoms with van der Waals surface area (Å²) in [6, 6.07) is 3.47. The Labute approximate surface area is 122 Å². The number of likely N-dealkylation sites (N-methyl/N-ethyl adjacent to an activating group) is 1. The number of rotatable bonds is 7. The van der Waals surface area contributed by atoms with Crippen LogP contribution in [0.1, 0.15) is 20.3 Å². The predicted molar refractivity (Wildman–Crippen MR) is 75.8 cm³/mol. The van der Waals surface area contributed by atoms with E-state index in [9.17, 15) is 13.6 Å². The molecule has 6 heteroatoms. The molecule has 1 N–H and O–H groups in total. The van der Waals surface area contributed by atoms with Crippen LogP contribution < -0.4 is 5.32 Å². The van der Waals surface area contributed by atoms with Crippen molar-refractivity contribution < 1.29 is 18.3 Å². The second kappa shape index (κ2) is 7.59. The minimum atomic E-state index is -0.806. The van der Waals surface area contributed by atoms with E-state index in [2.05, 4.69) is 5.32 Å². The van der Waals surface area contributed by atoms with E-state index in [0.29, 0.717) is 23.7 Å². The van der Waals surface area contributed by atoms with Gasteiger partial charge in [-0.2, -0.15) is 0 Å². The zero-order chi connectivity index (χ0) is 15.2. The fourth-order valence-electron chi connectivity index (χ4n) is 1.58. The summed E-state index contributed by atoms with van der Waals surface area (Å²) < 4.78 is 31.3. The largest absolute Gasteiger partial charge is 0.465 e. The molecular weight excluding hydrogens is 284 g/mol. The molecule has 0 bridgehead atoms. The number of ether oxygens (including phenoxy) is 1. The molecule has 1 aromatic carbocycles. The van der Waals surface area contributed by atoms with E-state index in [0.717, 1.165) is 6.07 Å². The molecule has 0 aliphatic carbocycles. The summed E-state index contributed by atoms with van der Waals surface area (Å²) in [7, 11) is 1.68. The number of hydrogen-bond donors (Lipinski definition) is 1. The molecule has 1 aromatic rings. The monoisotopic (exact) mass is 303 g/mol. The highest BCUT2D eigenvalue weighted by Gasteiger charge is 2.32. The molecule has 0 heterocycles. The highest BCUT2D eigenvalue weighted by Crippen LogP contribution is 2.25. The first-order valence-electron chi connectivity index (χ1n) is 6.37. The van der Waals surface area contributed by atoms with Gasteiger partial charge in [-0.1, -0.05) is 0 Å². The summed E-state index contributed by atoms with van der Waals surface area (Å²) in [4.78, 5) is 12.2. The number of benzene rings is 1. The molecule has 3 nitrogen and oxygen atoms in total. The van der Waals surface area contributed by atoms with E-state index in [1.165, 1.54) is 23.9 Å². The third kappa shape index (κ3) is 4.45. The van der Waals surface area contributed by atoms with Crippen molar-refractivity contribution in [2.24, 2.45) is 0 Å². The first-order chi connectivity index (χ1) is 9.42. The van der Waals surface area contributed by atoms with Crippen LogP contribution in [0.2, 0.25) is 0 Å². The molecule has 1 unspecified atom stereocenters. The van der Waals surface area contributed by atoms with Gasteiger partial charge in [-0.05, 0) is 39.4 Å². The summed E-state index contributed by atoms with van der Waals surface area (Å²) in [5.41, 5.74) is -0.806. The zero-order valence-corrected chi connectivity index (χ0v) is 12.7. The number of carbonyl (C=O) groups is 1. The Morgan fingerprint density at radius 3 is 2.70 bits per heavy atom. The van der Waals surface area contributed by atoms with E-state index < -0.39 is 17.2 Å². The fourth-order valence-corrected chi connectivity index (χ4v) is 2.67. The minimum absolute atomic E-state index is 0.315. The van der Waals surface area contributed by atoms with Crippen LogP contribution in [0.4, 0.5) is 8.78 Å². The summed E-state index contributed by atoms with van der Waals surface area (Å²) in [5.74, 6) is -1.00. The maximum Gasteiger partial charge on any atom is 0.326 e. The number of hydrogen-bond acceptors (Lipinski definition) is 4. The highest BCUT2D eigenvalue weighted by atomic mass is 32.2. The van der Waals surface area contributed by atoms with Crippen LogP contribution >= 0.6 is 11.8 Å². The Morgan fingerprint density at radius 1 is 1.45 bits per heavy atom. The van der Waals surface area contributed by atoms with Crippen molar-refractivity contribution in [3.8, 4) is 0 Å². The zero-order valence-electron chi connectivity index (χ0n) is 11.8. The number of halogens is 2. The molecule has 112 valence electrons. The average Bonchev–Trinajstić information content (AvgIpc) is 2.41. The Bertz CT molecular complexity index is 470. The Kier molecular flexibility index (Phi) is 6.42. The second-order valence-electron chi connectivity index (χ2n) is 4.48. The van der Waals surface area contributed by atoms with Crippen molar-refractivity contribution in [1.82, 2.24) is 5.32 Å². The fraction of sp³-hybridized carbons (Fsp3) is 0.500. The van der Waals surface area contributed by atoms with Gasteiger partial charge < -0.3 is 10.1 Å². The van der Waals surface area contributed by atoms with Crippen molar-refractivity contribution in [3.63, 3.8) is 0 Å². The van der Waals surface area contributed by atoms with Gasteiger partial charge in [0.1, 0.15) is 17.2 Å². The molecule has 0 amide bonds. The van der Waals surface area contributed by atoms with Crippen LogP contribution in [0.25, 0.3) is 0 Å². The highest BCUT2D eigenvalue weighted by molar-refractivity contribution is 7.99. The topological polar surface area (TPSA) is 38.3 Å². The Hall–Kier alpha value is -1.14. The number of carbonyl (C=O) groups excluding carboxylic acids is 1. The van der Waals surface area contributed by atoms with Crippen molar-refractivity contribution in [3.05, 3.63) is 29.8 Å². The number of nitrogens with one attached hydrogen (secondary N) is 1. The summed E-state index contributed by atoms with van der Waals surface area (Å²) >= 11 is 1.24. The lowest BCUT2D eigenvalue weighted by atomic mass is 10.00. The molecule has 1 rings (SSSR count). The van der Waals surface area contributed by atoms with Gasteiger partial charge in [0.15, 0.2) is 0 Å². The van der Waals surface area contributed by atoms with Crippen molar-refractivity contribution in [2.75, 3.05) is 19.4 Å². The lowest BCUT2D eigenvalue weighted by Crippen LogP contribution is -2.49. The lowest BCUT2D eigenvalue weighted by molar-refractivity contribution is -0.150. The minimum Gasteiger partial charge on any atom is -0.465 e. The van der Waals surface area contributed by atoms with Gasteiger partial charge in [0.05, 0.1) is 6.61 Å². The van der Waals surface area contributed by atoms with Gasteiger partial charge in [-0.3, -0.25) is 4.79 Å². The lowest BCUT2D eigenvalue weighted by Gasteiger charge is -2.26. The molecule has 0 aliphatic rings. The first kappa shape index (κ1) is 16.9. The maximum atomic E-state index is 13.5. The van der Waals surface area contributed by atoms with Gasteiger partial charge in [0.2, 0.25) is 0 Å². The standard InChI is InChI=1S/C14H19F2NO2S/c1-4-19-13(18)14(2,17-3)7-8-20-12-6-5-10(15)9-11(12)16/h5-6,9,17H,4,7-8H2,1-3H3. The van der Waals surface area contributed by atoms with Gasteiger partial charge >= 0.3 is 5.97 Å². The molecule has 0 saturated carbocycles. The van der Waals surface area contributed by atoms with E-state index in [-0.39, 0.29) is 5.97 Å². The smallest absolute Gasteiger partial charge is 0.326 e. The molecule has 0 aromatic heterocycles. The third-order valence-corrected chi connectivity index (χ3v) is 4.08. The van der Waals surface area contributed by atoms with E-state index in [1.54, 1.807) is 20.9 Å². The Morgan fingerprint density at radius 2 is 2.15 bits per heavy atom. The quantitative estimate of drug-likeness (QED) is 0.621. The predicted octanol–water partition coefficient (Wildman–Crippen LogP) is 2.99. The molecule has 1 atom stereocenters. The number of esters is 1. The van der Waals surface area contributed by atoms with Gasteiger partial charge in [0, 0.05) is 16.7 Å². The van der Waals surface area contributed by atoms with Crippen LogP contribution in [0, 0.1) is 11.6 Å². The molecule has 0 fully saturated rings. The van der Waals surface area contributed by atoms with Crippen LogP contribution in [-0.4, -0.2) is 30.9 Å². The molecule has 0 saturated heterocycles. The number of thioether (sulfide) groups is 1. The Balaban J connectivity index is 2.59. The van der Waals surface area contributed by atoms with Crippen molar-refractivity contribution in [1.29, 1.82) is 0 Å². The van der Waals surface area contributed by atoms with Crippen molar-refractivity contribution in [2.45, 2.75) is 30.7 Å². The average molecular weight is 303 g/mol. The molecule has 0 radical (unpaired) electrons. The van der Waals surface area contributed by atoms with Crippen molar-refractivity contribution >= 4 is 17.7 Å². The molecule has 20 heavy (non-hydrogen) atoms. The van der Waals surface area contributed by atoms with E-state index in [4.69, 9.17) is 4.74 Å². The molecular formula is C14H19F2NO2S. The molecule has 0 aliphatic heterocycles. The third-order valence-electron chi connectivity index (χ3n) is 3.03. The van der Waals surface area contributed by atoms with Gasteiger partial charge in [-0.25, -0.2) is 8.78 Å². The van der Waals surface area contributed by atoms with Gasteiger partial charge in [0.25, 0.3) is 0 Å². The SMILES string of the molecule is CCOC(=O)C(C)(CCSc1ccc(F)cc1F)NC. The van der Waals surface area contributed by atoms with Gasteiger partial charge in [-0.15, -0.1) is 11.8 Å². The van der Waals surface area contributed by atoms with Crippen LogP contribution in [-0.2, 0) is 9.53 Å². The van der Waals surface area contributed by atoms with E-state index in [1.807, 2.05) is 0 Å². The summed E-state index contributed by atoms with van der Waals surface area (Å²) in [5, 5.41) is 2.93. The van der Waals surface area contributed by atoms with Crippen LogP contribution in [0.3, 0.4) is 0 Å². The van der Waals surface area contributed by atoms with E-state index >= 15 is 0 Å². The first-order valence-corrected chi connectivity index (χ1v) is 7.35. The van der Waals surface area contributed by atoms with Crippen LogP contribution in [0.15, 0.2) is 23.1 Å². The second-order valence-corrected chi connectivity index (χ2v) is 5.61. The maximum absolute atomic E-state index is 13.5.